The maximum atomic E-state index is 9.54. The number of phenolic OH excluding ortho intramolecular Hbond substituents is 1. The van der Waals surface area contributed by atoms with E-state index in [1.54, 1.807) is 6.07 Å². The lowest BCUT2D eigenvalue weighted by Gasteiger charge is -1.97. The van der Waals surface area contributed by atoms with Crippen molar-refractivity contribution in [1.82, 2.24) is 4.57 Å². The molecule has 0 amide bonds. The van der Waals surface area contributed by atoms with Crippen LogP contribution in [0.1, 0.15) is 5.56 Å². The van der Waals surface area contributed by atoms with Crippen molar-refractivity contribution < 1.29 is 5.11 Å². The highest BCUT2D eigenvalue weighted by molar-refractivity contribution is 5.88. The third kappa shape index (κ3) is 0.811. The molecular weight excluding hydrogens is 150 g/mol. The molecule has 0 aliphatic heterocycles. The summed E-state index contributed by atoms with van der Waals surface area (Å²) in [5.41, 5.74) is 2.11. The fourth-order valence-electron chi connectivity index (χ4n) is 1.64. The standard InChI is InChI=1S/C10H11NO/c1-7-6-11(2)10-8(7)4-3-5-9(10)12/h3-6,12H,1-2H3. The fraction of sp³-hybridized carbons (Fsp3) is 0.200. The number of phenols is 1. The van der Waals surface area contributed by atoms with Crippen molar-refractivity contribution in [3.05, 3.63) is 30.0 Å². The largest absolute Gasteiger partial charge is 0.506 e. The van der Waals surface area contributed by atoms with Gasteiger partial charge in [0.1, 0.15) is 5.75 Å². The number of aromatic nitrogens is 1. The summed E-state index contributed by atoms with van der Waals surface area (Å²) in [6.07, 6.45) is 2.02. The Hall–Kier alpha value is -1.44. The summed E-state index contributed by atoms with van der Waals surface area (Å²) >= 11 is 0. The van der Waals surface area contributed by atoms with Crippen LogP contribution in [0.25, 0.3) is 10.9 Å². The molecule has 0 radical (unpaired) electrons. The van der Waals surface area contributed by atoms with Gasteiger partial charge in [-0.2, -0.15) is 0 Å². The molecule has 0 saturated heterocycles. The van der Waals surface area contributed by atoms with Crippen molar-refractivity contribution in [2.24, 2.45) is 7.05 Å². The van der Waals surface area contributed by atoms with E-state index in [1.165, 1.54) is 5.56 Å². The van der Waals surface area contributed by atoms with Crippen LogP contribution in [0.4, 0.5) is 0 Å². The van der Waals surface area contributed by atoms with Crippen LogP contribution in [0.3, 0.4) is 0 Å². The summed E-state index contributed by atoms with van der Waals surface area (Å²) in [6, 6.07) is 5.59. The van der Waals surface area contributed by atoms with Gasteiger partial charge in [-0.15, -0.1) is 0 Å². The summed E-state index contributed by atoms with van der Waals surface area (Å²) in [5, 5.41) is 10.7. The van der Waals surface area contributed by atoms with Gasteiger partial charge in [0.15, 0.2) is 0 Å². The summed E-state index contributed by atoms with van der Waals surface area (Å²) in [4.78, 5) is 0. The van der Waals surface area contributed by atoms with E-state index in [4.69, 9.17) is 0 Å². The topological polar surface area (TPSA) is 25.2 Å². The molecule has 0 saturated carbocycles. The quantitative estimate of drug-likeness (QED) is 0.629. The summed E-state index contributed by atoms with van der Waals surface area (Å²) in [7, 11) is 1.94. The van der Waals surface area contributed by atoms with E-state index in [2.05, 4.69) is 0 Å². The Morgan fingerprint density at radius 3 is 2.75 bits per heavy atom. The molecule has 1 N–H and O–H groups in total. The van der Waals surface area contributed by atoms with Gasteiger partial charge >= 0.3 is 0 Å². The number of para-hydroxylation sites is 1. The molecular formula is C10H11NO. The molecule has 2 nitrogen and oxygen atoms in total. The first kappa shape index (κ1) is 7.22. The number of aryl methyl sites for hydroxylation is 2. The molecule has 0 aliphatic carbocycles. The lowest BCUT2D eigenvalue weighted by Crippen LogP contribution is -1.83. The van der Waals surface area contributed by atoms with Crippen LogP contribution in [-0.2, 0) is 7.05 Å². The number of rotatable bonds is 0. The minimum Gasteiger partial charge on any atom is -0.506 e. The number of nitrogens with zero attached hydrogens (tertiary/aromatic N) is 1. The van der Waals surface area contributed by atoms with E-state index in [9.17, 15) is 5.11 Å². The van der Waals surface area contributed by atoms with Crippen molar-refractivity contribution in [2.45, 2.75) is 6.92 Å². The monoisotopic (exact) mass is 161 g/mol. The maximum Gasteiger partial charge on any atom is 0.139 e. The second-order valence-electron chi connectivity index (χ2n) is 3.10. The average Bonchev–Trinajstić information content (AvgIpc) is 2.29. The van der Waals surface area contributed by atoms with E-state index >= 15 is 0 Å². The van der Waals surface area contributed by atoms with Crippen molar-refractivity contribution in [1.29, 1.82) is 0 Å². The van der Waals surface area contributed by atoms with E-state index in [0.717, 1.165) is 10.9 Å². The Kier molecular flexibility index (Phi) is 1.37. The molecule has 1 aromatic heterocycles. The molecule has 2 heteroatoms. The Morgan fingerprint density at radius 1 is 1.33 bits per heavy atom. The normalized spacial score (nSPS) is 10.8. The van der Waals surface area contributed by atoms with E-state index in [0.29, 0.717) is 5.75 Å². The average molecular weight is 161 g/mol. The van der Waals surface area contributed by atoms with Crippen LogP contribution in [0.5, 0.6) is 5.75 Å². The molecule has 62 valence electrons. The van der Waals surface area contributed by atoms with Gasteiger partial charge in [0.05, 0.1) is 5.52 Å². The third-order valence-corrected chi connectivity index (χ3v) is 2.18. The molecule has 0 unspecified atom stereocenters. The molecule has 0 spiro atoms. The Morgan fingerprint density at radius 2 is 2.08 bits per heavy atom. The third-order valence-electron chi connectivity index (χ3n) is 2.18. The van der Waals surface area contributed by atoms with Gasteiger partial charge in [-0.05, 0) is 18.6 Å². The molecule has 0 fully saturated rings. The predicted octanol–water partition coefficient (Wildman–Crippen LogP) is 2.19. The van der Waals surface area contributed by atoms with Gasteiger partial charge < -0.3 is 9.67 Å². The van der Waals surface area contributed by atoms with Gasteiger partial charge in [-0.1, -0.05) is 12.1 Å². The lowest BCUT2D eigenvalue weighted by atomic mass is 10.2. The first-order valence-electron chi connectivity index (χ1n) is 3.94. The first-order valence-corrected chi connectivity index (χ1v) is 3.94. The number of aromatic hydroxyl groups is 1. The molecule has 1 heterocycles. The highest BCUT2D eigenvalue weighted by Gasteiger charge is 2.05. The van der Waals surface area contributed by atoms with Crippen molar-refractivity contribution in [2.75, 3.05) is 0 Å². The van der Waals surface area contributed by atoms with Crippen LogP contribution in [0.15, 0.2) is 24.4 Å². The van der Waals surface area contributed by atoms with Crippen LogP contribution < -0.4 is 0 Å². The number of hydrogen-bond donors (Lipinski definition) is 1. The first-order chi connectivity index (χ1) is 5.70. The second-order valence-corrected chi connectivity index (χ2v) is 3.10. The number of benzene rings is 1. The van der Waals surface area contributed by atoms with Crippen LogP contribution >= 0.6 is 0 Å². The van der Waals surface area contributed by atoms with Gasteiger partial charge in [0.25, 0.3) is 0 Å². The molecule has 0 bridgehead atoms. The van der Waals surface area contributed by atoms with E-state index in [1.807, 2.05) is 36.9 Å². The molecule has 0 atom stereocenters. The molecule has 1 aromatic carbocycles. The highest BCUT2D eigenvalue weighted by Crippen LogP contribution is 2.27. The summed E-state index contributed by atoms with van der Waals surface area (Å²) in [6.45, 7) is 2.04. The zero-order valence-electron chi connectivity index (χ0n) is 7.20. The van der Waals surface area contributed by atoms with Crippen molar-refractivity contribution >= 4 is 10.9 Å². The minimum absolute atomic E-state index is 0.350. The lowest BCUT2D eigenvalue weighted by molar-refractivity contribution is 0.479. The number of fused-ring (bicyclic) bond motifs is 1. The molecule has 12 heavy (non-hydrogen) atoms. The zero-order valence-corrected chi connectivity index (χ0v) is 7.20. The van der Waals surface area contributed by atoms with Crippen molar-refractivity contribution in [3.63, 3.8) is 0 Å². The van der Waals surface area contributed by atoms with Crippen LogP contribution in [0.2, 0.25) is 0 Å². The fourth-order valence-corrected chi connectivity index (χ4v) is 1.64. The van der Waals surface area contributed by atoms with Gasteiger partial charge in [-0.3, -0.25) is 0 Å². The zero-order chi connectivity index (χ0) is 8.72. The Labute approximate surface area is 71.1 Å². The van der Waals surface area contributed by atoms with E-state index in [-0.39, 0.29) is 0 Å². The molecule has 0 aliphatic rings. The van der Waals surface area contributed by atoms with E-state index < -0.39 is 0 Å². The van der Waals surface area contributed by atoms with Gasteiger partial charge in [0, 0.05) is 18.6 Å². The van der Waals surface area contributed by atoms with Gasteiger partial charge in [-0.25, -0.2) is 0 Å². The Bertz CT molecular complexity index is 429. The molecule has 2 aromatic rings. The molecule has 2 rings (SSSR count). The van der Waals surface area contributed by atoms with Crippen molar-refractivity contribution in [3.8, 4) is 5.75 Å². The summed E-state index contributed by atoms with van der Waals surface area (Å²) < 4.78 is 1.94. The second kappa shape index (κ2) is 2.27. The summed E-state index contributed by atoms with van der Waals surface area (Å²) in [5.74, 6) is 0.350. The predicted molar refractivity (Wildman–Crippen MR) is 49.3 cm³/mol. The minimum atomic E-state index is 0.350. The van der Waals surface area contributed by atoms with Crippen LogP contribution in [-0.4, -0.2) is 9.67 Å². The maximum absolute atomic E-state index is 9.54. The SMILES string of the molecule is Cc1cn(C)c2c(O)cccc12. The van der Waals surface area contributed by atoms with Crippen LogP contribution in [0, 0.1) is 6.92 Å². The highest BCUT2D eigenvalue weighted by atomic mass is 16.3. The van der Waals surface area contributed by atoms with Gasteiger partial charge in [0.2, 0.25) is 0 Å². The smallest absolute Gasteiger partial charge is 0.139 e. The number of hydrogen-bond acceptors (Lipinski definition) is 1. The Balaban J connectivity index is 2.99.